The summed E-state index contributed by atoms with van der Waals surface area (Å²) in [7, 11) is 0. The van der Waals surface area contributed by atoms with E-state index in [0.717, 1.165) is 39.3 Å². The van der Waals surface area contributed by atoms with Crippen LogP contribution in [0.3, 0.4) is 0 Å². The van der Waals surface area contributed by atoms with E-state index >= 15 is 0 Å². The van der Waals surface area contributed by atoms with Crippen LogP contribution in [0.25, 0.3) is 44.2 Å². The molecular formula is C49H35NO2. The number of nitrogens with zero attached hydrogens (tertiary/aromatic N) is 1. The number of hydrogen-bond donors (Lipinski definition) is 0. The average Bonchev–Trinajstić information content (AvgIpc) is 3.30. The Morgan fingerprint density at radius 1 is 0.385 bits per heavy atom. The summed E-state index contributed by atoms with van der Waals surface area (Å²) in [6.07, 6.45) is 0. The molecule has 0 spiro atoms. The molecule has 3 heteroatoms. The van der Waals surface area contributed by atoms with Crippen LogP contribution in [0.15, 0.2) is 176 Å². The Balaban J connectivity index is 1.11. The first kappa shape index (κ1) is 30.3. The van der Waals surface area contributed by atoms with Gasteiger partial charge in [-0.05, 0) is 98.4 Å². The second kappa shape index (κ2) is 11.8. The zero-order chi connectivity index (χ0) is 34.8. The van der Waals surface area contributed by atoms with Gasteiger partial charge in [0.2, 0.25) is 0 Å². The first-order valence-electron chi connectivity index (χ1n) is 17.8. The normalized spacial score (nSPS) is 13.3. The zero-order valence-corrected chi connectivity index (χ0v) is 29.0. The Labute approximate surface area is 304 Å². The van der Waals surface area contributed by atoms with E-state index in [0.29, 0.717) is 11.5 Å². The van der Waals surface area contributed by atoms with Gasteiger partial charge in [-0.2, -0.15) is 0 Å². The topological polar surface area (TPSA) is 21.7 Å². The first-order valence-corrected chi connectivity index (χ1v) is 17.8. The number of rotatable bonds is 5. The maximum atomic E-state index is 6.67. The number of anilines is 3. The third-order valence-electron chi connectivity index (χ3n) is 10.7. The van der Waals surface area contributed by atoms with Crippen molar-refractivity contribution in [2.24, 2.45) is 0 Å². The zero-order valence-electron chi connectivity index (χ0n) is 29.0. The van der Waals surface area contributed by atoms with E-state index in [1.807, 2.05) is 30.3 Å². The minimum absolute atomic E-state index is 0.131. The molecule has 52 heavy (non-hydrogen) atoms. The molecule has 0 fully saturated rings. The lowest BCUT2D eigenvalue weighted by atomic mass is 9.82. The molecule has 0 saturated carbocycles. The molecule has 0 aromatic heterocycles. The molecule has 0 bridgehead atoms. The van der Waals surface area contributed by atoms with Crippen LogP contribution in [0, 0.1) is 0 Å². The summed E-state index contributed by atoms with van der Waals surface area (Å²) < 4.78 is 13.2. The van der Waals surface area contributed by atoms with Gasteiger partial charge in [0, 0.05) is 22.9 Å². The lowest BCUT2D eigenvalue weighted by Crippen LogP contribution is -2.16. The molecule has 3 nitrogen and oxygen atoms in total. The highest BCUT2D eigenvalue weighted by molar-refractivity contribution is 5.95. The van der Waals surface area contributed by atoms with Gasteiger partial charge in [0.1, 0.15) is 11.5 Å². The molecule has 8 aromatic carbocycles. The number of ether oxygens (including phenoxy) is 2. The molecule has 1 aliphatic heterocycles. The van der Waals surface area contributed by atoms with E-state index in [4.69, 9.17) is 9.47 Å². The van der Waals surface area contributed by atoms with Gasteiger partial charge in [-0.15, -0.1) is 0 Å². The SMILES string of the molecule is CC1(C)c2ccccc2-c2ccc(N(c3ccc(-c4ccccc4-c4ccccc4)cc3)c3ccc4c(c3)Oc3cccc5cccc(c35)O4)cc21. The van der Waals surface area contributed by atoms with Crippen molar-refractivity contribution < 1.29 is 9.47 Å². The van der Waals surface area contributed by atoms with Crippen molar-refractivity contribution in [1.82, 2.24) is 0 Å². The minimum Gasteiger partial charge on any atom is -0.453 e. The van der Waals surface area contributed by atoms with Crippen molar-refractivity contribution in [3.63, 3.8) is 0 Å². The Bertz CT molecular complexity index is 2650. The van der Waals surface area contributed by atoms with Gasteiger partial charge in [-0.3, -0.25) is 0 Å². The minimum atomic E-state index is -0.131. The number of benzene rings is 8. The van der Waals surface area contributed by atoms with Crippen LogP contribution in [0.5, 0.6) is 23.0 Å². The molecule has 0 atom stereocenters. The van der Waals surface area contributed by atoms with Crippen LogP contribution < -0.4 is 14.4 Å². The molecule has 0 unspecified atom stereocenters. The molecule has 0 N–H and O–H groups in total. The summed E-state index contributed by atoms with van der Waals surface area (Å²) in [4.78, 5) is 2.33. The fourth-order valence-corrected chi connectivity index (χ4v) is 8.15. The Kier molecular flexibility index (Phi) is 6.84. The van der Waals surface area contributed by atoms with Crippen LogP contribution in [0.1, 0.15) is 25.0 Å². The van der Waals surface area contributed by atoms with Crippen molar-refractivity contribution in [2.45, 2.75) is 19.3 Å². The third-order valence-corrected chi connectivity index (χ3v) is 10.7. The van der Waals surface area contributed by atoms with Crippen molar-refractivity contribution in [2.75, 3.05) is 4.90 Å². The lowest BCUT2D eigenvalue weighted by Gasteiger charge is -2.28. The van der Waals surface area contributed by atoms with Crippen LogP contribution in [-0.2, 0) is 5.41 Å². The van der Waals surface area contributed by atoms with E-state index < -0.39 is 0 Å². The van der Waals surface area contributed by atoms with Crippen LogP contribution in [0.4, 0.5) is 17.1 Å². The quantitative estimate of drug-likeness (QED) is 0.182. The van der Waals surface area contributed by atoms with Gasteiger partial charge in [-0.1, -0.05) is 135 Å². The predicted molar refractivity (Wildman–Crippen MR) is 214 cm³/mol. The standard InChI is InChI=1S/C49H35NO2/c1-49(2)42-19-9-8-18-40(42)41-28-26-36(30-43(41)49)50(35-24-22-33(23-25-35)39-17-7-6-16-38(39)32-12-4-3-5-13-32)37-27-29-44-47(31-37)52-46-21-11-15-34-14-10-20-45(51-44)48(34)46/h3-31H,1-2H3. The fourth-order valence-electron chi connectivity index (χ4n) is 8.15. The van der Waals surface area contributed by atoms with Gasteiger partial charge < -0.3 is 14.4 Å². The second-order valence-corrected chi connectivity index (χ2v) is 14.1. The average molecular weight is 670 g/mol. The predicted octanol–water partition coefficient (Wildman–Crippen LogP) is 13.8. The van der Waals surface area contributed by atoms with Gasteiger partial charge in [0.15, 0.2) is 11.5 Å². The monoisotopic (exact) mass is 669 g/mol. The summed E-state index contributed by atoms with van der Waals surface area (Å²) in [5.41, 5.74) is 13.0. The number of hydrogen-bond acceptors (Lipinski definition) is 3. The summed E-state index contributed by atoms with van der Waals surface area (Å²) in [5, 5.41) is 2.06. The van der Waals surface area contributed by atoms with E-state index in [2.05, 4.69) is 164 Å². The maximum Gasteiger partial charge on any atom is 0.172 e. The van der Waals surface area contributed by atoms with Crippen LogP contribution >= 0.6 is 0 Å². The second-order valence-electron chi connectivity index (χ2n) is 14.1. The van der Waals surface area contributed by atoms with Gasteiger partial charge in [-0.25, -0.2) is 0 Å². The molecule has 248 valence electrons. The molecule has 2 aliphatic rings. The van der Waals surface area contributed by atoms with Crippen LogP contribution in [-0.4, -0.2) is 0 Å². The maximum absolute atomic E-state index is 6.67. The van der Waals surface area contributed by atoms with Crippen molar-refractivity contribution in [3.05, 3.63) is 187 Å². The molecule has 0 saturated heterocycles. The Morgan fingerprint density at radius 3 is 1.67 bits per heavy atom. The highest BCUT2D eigenvalue weighted by Gasteiger charge is 2.36. The third kappa shape index (κ3) is 4.81. The Morgan fingerprint density at radius 2 is 0.942 bits per heavy atom. The van der Waals surface area contributed by atoms with Crippen molar-refractivity contribution in [3.8, 4) is 56.4 Å². The molecule has 0 radical (unpaired) electrons. The van der Waals surface area contributed by atoms with Gasteiger partial charge >= 0.3 is 0 Å². The molecule has 10 rings (SSSR count). The molecular weight excluding hydrogens is 635 g/mol. The summed E-state index contributed by atoms with van der Waals surface area (Å²) in [5.74, 6) is 2.94. The Hall–Kier alpha value is -6.58. The summed E-state index contributed by atoms with van der Waals surface area (Å²) >= 11 is 0. The summed E-state index contributed by atoms with van der Waals surface area (Å²) in [6.45, 7) is 4.66. The molecule has 0 amide bonds. The highest BCUT2D eigenvalue weighted by atomic mass is 16.5. The van der Waals surface area contributed by atoms with E-state index in [1.165, 1.54) is 44.5 Å². The number of fused-ring (bicyclic) bond motifs is 4. The smallest absolute Gasteiger partial charge is 0.172 e. The van der Waals surface area contributed by atoms with Crippen molar-refractivity contribution >= 4 is 27.8 Å². The largest absolute Gasteiger partial charge is 0.453 e. The summed E-state index contributed by atoms with van der Waals surface area (Å²) in [6, 6.07) is 62.4. The first-order chi connectivity index (χ1) is 25.5. The lowest BCUT2D eigenvalue weighted by molar-refractivity contribution is 0.439. The van der Waals surface area contributed by atoms with E-state index in [-0.39, 0.29) is 5.41 Å². The van der Waals surface area contributed by atoms with Gasteiger partial charge in [0.25, 0.3) is 0 Å². The van der Waals surface area contributed by atoms with Crippen LogP contribution in [0.2, 0.25) is 0 Å². The molecule has 1 heterocycles. The van der Waals surface area contributed by atoms with E-state index in [9.17, 15) is 0 Å². The molecule has 1 aliphatic carbocycles. The highest BCUT2D eigenvalue weighted by Crippen LogP contribution is 2.52. The van der Waals surface area contributed by atoms with Crippen molar-refractivity contribution in [1.29, 1.82) is 0 Å². The van der Waals surface area contributed by atoms with Gasteiger partial charge in [0.05, 0.1) is 11.1 Å². The van der Waals surface area contributed by atoms with E-state index in [1.54, 1.807) is 0 Å². The molecule has 8 aromatic rings. The fraction of sp³-hybridized carbons (Fsp3) is 0.0612.